The van der Waals surface area contributed by atoms with E-state index in [0.717, 1.165) is 23.7 Å². The van der Waals surface area contributed by atoms with Gasteiger partial charge in [0.15, 0.2) is 0 Å². The quantitative estimate of drug-likeness (QED) is 0.702. The molecule has 4 rings (SSSR count). The third-order valence-electron chi connectivity index (χ3n) is 4.58. The average molecular weight is 263 g/mol. The van der Waals surface area contributed by atoms with E-state index in [4.69, 9.17) is 20.3 Å². The highest BCUT2D eigenvalue weighted by atomic mass is 35.7. The van der Waals surface area contributed by atoms with Gasteiger partial charge in [0.1, 0.15) is 0 Å². The normalized spacial score (nSPS) is 47.2. The van der Waals surface area contributed by atoms with Gasteiger partial charge in [-0.1, -0.05) is 0 Å². The number of halogens is 1. The van der Waals surface area contributed by atoms with Crippen molar-refractivity contribution < 1.29 is 9.05 Å². The van der Waals surface area contributed by atoms with Crippen molar-refractivity contribution in [3.63, 3.8) is 0 Å². The van der Waals surface area contributed by atoms with Gasteiger partial charge in [-0.05, 0) is 73.9 Å². The molecular weight excluding hydrogens is 243 g/mol. The molecule has 0 heterocycles. The Morgan fingerprint density at radius 2 is 1.62 bits per heavy atom. The molecule has 0 spiro atoms. The molecule has 4 aliphatic carbocycles. The molecule has 2 nitrogen and oxygen atoms in total. The molecule has 4 aliphatic rings. The van der Waals surface area contributed by atoms with Crippen LogP contribution < -0.4 is 0 Å². The lowest BCUT2D eigenvalue weighted by Gasteiger charge is -2.53. The summed E-state index contributed by atoms with van der Waals surface area (Å²) >= 11 is 6.09. The maximum atomic E-state index is 6.09. The second-order valence-corrected chi connectivity index (χ2v) is 7.35. The van der Waals surface area contributed by atoms with Crippen molar-refractivity contribution in [1.29, 1.82) is 0 Å². The van der Waals surface area contributed by atoms with Gasteiger partial charge in [0, 0.05) is 0 Å². The molecule has 1 unspecified atom stereocenters. The van der Waals surface area contributed by atoms with Crippen LogP contribution >= 0.6 is 19.0 Å². The Kier molecular flexibility index (Phi) is 3.46. The minimum atomic E-state index is -1.16. The summed E-state index contributed by atoms with van der Waals surface area (Å²) in [5, 5.41) is 0. The summed E-state index contributed by atoms with van der Waals surface area (Å²) in [6.45, 7) is 2.63. The van der Waals surface area contributed by atoms with Crippen molar-refractivity contribution in [2.45, 2.75) is 45.1 Å². The Hall–Kier alpha value is 0.640. The van der Waals surface area contributed by atoms with Crippen molar-refractivity contribution >= 4 is 19.0 Å². The first kappa shape index (κ1) is 11.7. The smallest absolute Gasteiger partial charge is 0.277 e. The summed E-state index contributed by atoms with van der Waals surface area (Å²) in [4.78, 5) is 0. The molecule has 0 aromatic heterocycles. The molecule has 0 amide bonds. The van der Waals surface area contributed by atoms with Gasteiger partial charge in [-0.25, -0.2) is 0 Å². The van der Waals surface area contributed by atoms with Crippen LogP contribution in [0.5, 0.6) is 0 Å². The summed E-state index contributed by atoms with van der Waals surface area (Å²) in [5.74, 6) is 3.55. The lowest BCUT2D eigenvalue weighted by Crippen LogP contribution is -2.48. The molecular formula is C12H20ClO2P. The zero-order valence-electron chi connectivity index (χ0n) is 9.77. The molecule has 4 heteroatoms. The summed E-state index contributed by atoms with van der Waals surface area (Å²) in [5.41, 5.74) is 0. The van der Waals surface area contributed by atoms with Gasteiger partial charge in [0.25, 0.3) is 7.73 Å². The van der Waals surface area contributed by atoms with Crippen LogP contribution in [0, 0.1) is 23.7 Å². The van der Waals surface area contributed by atoms with E-state index in [1.165, 1.54) is 32.1 Å². The maximum Gasteiger partial charge on any atom is 0.277 e. The number of hydrogen-bond acceptors (Lipinski definition) is 2. The predicted molar refractivity (Wildman–Crippen MR) is 66.3 cm³/mol. The molecule has 16 heavy (non-hydrogen) atoms. The Morgan fingerprint density at radius 3 is 2.12 bits per heavy atom. The first-order valence-corrected chi connectivity index (χ1v) is 8.60. The molecule has 0 radical (unpaired) electrons. The Labute approximate surface area is 104 Å². The molecule has 1 atom stereocenters. The monoisotopic (exact) mass is 262 g/mol. The molecule has 92 valence electrons. The van der Waals surface area contributed by atoms with E-state index >= 15 is 0 Å². The van der Waals surface area contributed by atoms with E-state index in [2.05, 4.69) is 0 Å². The molecule has 0 aliphatic heterocycles. The first-order valence-electron chi connectivity index (χ1n) is 6.51. The first-order chi connectivity index (χ1) is 7.76. The minimum absolute atomic E-state index is 0.406. The van der Waals surface area contributed by atoms with Crippen molar-refractivity contribution in [2.75, 3.05) is 6.61 Å². The van der Waals surface area contributed by atoms with Gasteiger partial charge in [-0.15, -0.1) is 0 Å². The van der Waals surface area contributed by atoms with Crippen molar-refractivity contribution in [3.8, 4) is 0 Å². The summed E-state index contributed by atoms with van der Waals surface area (Å²) < 4.78 is 11.3. The molecule has 0 N–H and O–H groups in total. The second kappa shape index (κ2) is 4.72. The van der Waals surface area contributed by atoms with E-state index in [0.29, 0.717) is 12.7 Å². The third-order valence-corrected chi connectivity index (χ3v) is 5.98. The zero-order valence-corrected chi connectivity index (χ0v) is 11.4. The summed E-state index contributed by atoms with van der Waals surface area (Å²) in [6, 6.07) is 0. The largest absolute Gasteiger partial charge is 0.322 e. The number of hydrogen-bond donors (Lipinski definition) is 0. The van der Waals surface area contributed by atoms with Gasteiger partial charge in [-0.2, -0.15) is 0 Å². The van der Waals surface area contributed by atoms with Crippen molar-refractivity contribution in [1.82, 2.24) is 0 Å². The SMILES string of the molecule is CCOP(Cl)OC1C2CC3CC(C2)CC1C3. The van der Waals surface area contributed by atoms with Crippen LogP contribution in [0.15, 0.2) is 0 Å². The average Bonchev–Trinajstić information content (AvgIpc) is 2.23. The van der Waals surface area contributed by atoms with Crippen LogP contribution in [0.25, 0.3) is 0 Å². The van der Waals surface area contributed by atoms with Crippen LogP contribution in [0.3, 0.4) is 0 Å². The lowest BCUT2D eigenvalue weighted by molar-refractivity contribution is -0.0780. The van der Waals surface area contributed by atoms with E-state index in [9.17, 15) is 0 Å². The van der Waals surface area contributed by atoms with E-state index in [1.54, 1.807) is 0 Å². The van der Waals surface area contributed by atoms with E-state index < -0.39 is 7.73 Å². The molecule has 4 fully saturated rings. The number of rotatable bonds is 4. The van der Waals surface area contributed by atoms with Crippen LogP contribution in [0.2, 0.25) is 0 Å². The fourth-order valence-electron chi connectivity index (χ4n) is 4.27. The fourth-order valence-corrected chi connectivity index (χ4v) is 5.64. The van der Waals surface area contributed by atoms with Crippen LogP contribution in [0.1, 0.15) is 39.0 Å². The molecule has 0 aromatic rings. The second-order valence-electron chi connectivity index (χ2n) is 5.63. The van der Waals surface area contributed by atoms with E-state index in [1.807, 2.05) is 6.92 Å². The zero-order chi connectivity index (χ0) is 11.1. The highest BCUT2D eigenvalue weighted by molar-refractivity contribution is 7.76. The van der Waals surface area contributed by atoms with Gasteiger partial charge in [-0.3, -0.25) is 0 Å². The highest BCUT2D eigenvalue weighted by Crippen LogP contribution is 2.58. The van der Waals surface area contributed by atoms with Crippen LogP contribution in [-0.4, -0.2) is 12.7 Å². The van der Waals surface area contributed by atoms with Gasteiger partial charge >= 0.3 is 0 Å². The van der Waals surface area contributed by atoms with Crippen LogP contribution in [0.4, 0.5) is 0 Å². The standard InChI is InChI=1S/C12H20ClO2P/c1-2-14-16(13)15-12-10-4-8-3-9(6-10)7-11(12)5-8/h8-12H,2-7H2,1H3. The molecule has 0 aromatic carbocycles. The Morgan fingerprint density at radius 1 is 1.06 bits per heavy atom. The van der Waals surface area contributed by atoms with E-state index in [-0.39, 0.29) is 0 Å². The van der Waals surface area contributed by atoms with Crippen molar-refractivity contribution in [2.24, 2.45) is 23.7 Å². The van der Waals surface area contributed by atoms with Gasteiger partial charge in [0.05, 0.1) is 12.7 Å². The maximum absolute atomic E-state index is 6.09. The lowest BCUT2D eigenvalue weighted by atomic mass is 9.55. The molecule has 4 bridgehead atoms. The summed E-state index contributed by atoms with van der Waals surface area (Å²) in [7, 11) is -1.16. The molecule has 4 saturated carbocycles. The minimum Gasteiger partial charge on any atom is -0.322 e. The third kappa shape index (κ3) is 2.14. The van der Waals surface area contributed by atoms with Gasteiger partial charge < -0.3 is 9.05 Å². The fraction of sp³-hybridized carbons (Fsp3) is 1.00. The van der Waals surface area contributed by atoms with Gasteiger partial charge in [0.2, 0.25) is 0 Å². The molecule has 0 saturated heterocycles. The summed E-state index contributed by atoms with van der Waals surface area (Å²) in [6.07, 6.45) is 7.41. The highest BCUT2D eigenvalue weighted by Gasteiger charge is 2.49. The Balaban J connectivity index is 1.63. The predicted octanol–water partition coefficient (Wildman–Crippen LogP) is 4.33. The van der Waals surface area contributed by atoms with Crippen LogP contribution in [-0.2, 0) is 9.05 Å². The van der Waals surface area contributed by atoms with Crippen molar-refractivity contribution in [3.05, 3.63) is 0 Å². The Bertz CT molecular complexity index is 233. The topological polar surface area (TPSA) is 18.5 Å².